The summed E-state index contributed by atoms with van der Waals surface area (Å²) in [5.41, 5.74) is 0. The third-order valence-electron chi connectivity index (χ3n) is 2.83. The molecule has 0 spiro atoms. The van der Waals surface area contributed by atoms with Crippen LogP contribution in [0.2, 0.25) is 0 Å². The highest BCUT2D eigenvalue weighted by Gasteiger charge is 2.19. The van der Waals surface area contributed by atoms with Gasteiger partial charge in [0.1, 0.15) is 0 Å². The van der Waals surface area contributed by atoms with Crippen molar-refractivity contribution in [2.45, 2.75) is 32.2 Å². The van der Waals surface area contributed by atoms with E-state index in [1.54, 1.807) is 0 Å². The molecule has 0 bridgehead atoms. The monoisotopic (exact) mass is 206 g/mol. The molecule has 0 aromatic rings. The van der Waals surface area contributed by atoms with E-state index in [-0.39, 0.29) is 0 Å². The maximum Gasteiger partial charge on any atom is 0.253 e. The van der Waals surface area contributed by atoms with Crippen molar-refractivity contribution in [3.05, 3.63) is 0 Å². The second-order valence-electron chi connectivity index (χ2n) is 4.30. The first-order valence-electron chi connectivity index (χ1n) is 5.29. The van der Waals surface area contributed by atoms with Gasteiger partial charge in [0, 0.05) is 6.54 Å². The minimum Gasteiger partial charge on any atom is -0.309 e. The predicted molar refractivity (Wildman–Crippen MR) is 53.7 cm³/mol. The summed E-state index contributed by atoms with van der Waals surface area (Å²) in [5, 5.41) is 2.90. The Labute approximate surface area is 84.7 Å². The first-order chi connectivity index (χ1) is 6.59. The second kappa shape index (κ2) is 5.61. The Morgan fingerprint density at radius 3 is 2.79 bits per heavy atom. The Kier molecular flexibility index (Phi) is 4.75. The van der Waals surface area contributed by atoms with Crippen molar-refractivity contribution >= 4 is 0 Å². The number of rotatable bonds is 4. The molecule has 0 amide bonds. The lowest BCUT2D eigenvalue weighted by molar-refractivity contribution is 0.0998. The van der Waals surface area contributed by atoms with E-state index in [1.165, 1.54) is 13.3 Å². The summed E-state index contributed by atoms with van der Waals surface area (Å²) >= 11 is 0. The molecule has 1 heterocycles. The van der Waals surface area contributed by atoms with Crippen LogP contribution >= 0.6 is 0 Å². The summed E-state index contributed by atoms with van der Waals surface area (Å²) in [4.78, 5) is 2.27. The van der Waals surface area contributed by atoms with Gasteiger partial charge in [0.2, 0.25) is 0 Å². The van der Waals surface area contributed by atoms with E-state index >= 15 is 0 Å². The van der Waals surface area contributed by atoms with Crippen LogP contribution in [-0.4, -0.2) is 44.0 Å². The maximum absolute atomic E-state index is 12.2. The van der Waals surface area contributed by atoms with E-state index in [0.717, 1.165) is 26.1 Å². The predicted octanol–water partition coefficient (Wildman–Crippen LogP) is 1.57. The molecular formula is C10H20F2N2. The topological polar surface area (TPSA) is 15.3 Å². The smallest absolute Gasteiger partial charge is 0.253 e. The van der Waals surface area contributed by atoms with Crippen LogP contribution in [0.15, 0.2) is 0 Å². The molecule has 14 heavy (non-hydrogen) atoms. The quantitative estimate of drug-likeness (QED) is 0.751. The largest absolute Gasteiger partial charge is 0.309 e. The number of nitrogens with one attached hydrogen (secondary N) is 1. The molecule has 84 valence electrons. The van der Waals surface area contributed by atoms with Crippen LogP contribution in [0.25, 0.3) is 0 Å². The number of piperidine rings is 1. The van der Waals surface area contributed by atoms with Crippen molar-refractivity contribution in [1.29, 1.82) is 0 Å². The highest BCUT2D eigenvalue weighted by molar-refractivity contribution is 4.74. The number of hydrogen-bond acceptors (Lipinski definition) is 2. The van der Waals surface area contributed by atoms with Crippen molar-refractivity contribution in [3.8, 4) is 0 Å². The molecule has 1 fully saturated rings. The average Bonchev–Trinajstić information content (AvgIpc) is 2.14. The summed E-state index contributed by atoms with van der Waals surface area (Å²) in [5.74, 6) is 0.537. The van der Waals surface area contributed by atoms with Crippen LogP contribution in [0.5, 0.6) is 0 Å². The number of nitrogens with zero attached hydrogens (tertiary/aromatic N) is 1. The zero-order valence-corrected chi connectivity index (χ0v) is 8.97. The Morgan fingerprint density at radius 2 is 2.21 bits per heavy atom. The lowest BCUT2D eigenvalue weighted by Gasteiger charge is -2.30. The summed E-state index contributed by atoms with van der Waals surface area (Å²) in [6, 6.07) is -0.678. The molecule has 0 saturated carbocycles. The van der Waals surface area contributed by atoms with Gasteiger partial charge < -0.3 is 10.2 Å². The SMILES string of the molecule is CC(NCC1CCCN(C)C1)C(F)F. The van der Waals surface area contributed by atoms with Gasteiger partial charge in [-0.2, -0.15) is 0 Å². The minimum atomic E-state index is -2.25. The van der Waals surface area contributed by atoms with Gasteiger partial charge in [-0.15, -0.1) is 0 Å². The van der Waals surface area contributed by atoms with E-state index < -0.39 is 12.5 Å². The summed E-state index contributed by atoms with van der Waals surface area (Å²) in [6.45, 7) is 4.43. The first-order valence-corrected chi connectivity index (χ1v) is 5.29. The van der Waals surface area contributed by atoms with Crippen LogP contribution in [-0.2, 0) is 0 Å². The van der Waals surface area contributed by atoms with Gasteiger partial charge in [0.25, 0.3) is 6.43 Å². The Balaban J connectivity index is 2.17. The summed E-state index contributed by atoms with van der Waals surface area (Å²) in [7, 11) is 2.09. The molecule has 2 unspecified atom stereocenters. The molecule has 1 aliphatic rings. The fraction of sp³-hybridized carbons (Fsp3) is 1.00. The molecule has 2 atom stereocenters. The van der Waals surface area contributed by atoms with Crippen LogP contribution in [0.3, 0.4) is 0 Å². The van der Waals surface area contributed by atoms with Gasteiger partial charge in [0.05, 0.1) is 6.04 Å². The number of hydrogen-bond donors (Lipinski definition) is 1. The highest BCUT2D eigenvalue weighted by Crippen LogP contribution is 2.14. The molecule has 4 heteroatoms. The zero-order valence-electron chi connectivity index (χ0n) is 8.97. The number of halogens is 2. The Hall–Kier alpha value is -0.220. The van der Waals surface area contributed by atoms with E-state index in [9.17, 15) is 8.78 Å². The Bertz CT molecular complexity index is 164. The van der Waals surface area contributed by atoms with Crippen LogP contribution in [0, 0.1) is 5.92 Å². The molecule has 2 nitrogen and oxygen atoms in total. The number of alkyl halides is 2. The highest BCUT2D eigenvalue weighted by atomic mass is 19.3. The van der Waals surface area contributed by atoms with Crippen molar-refractivity contribution in [2.24, 2.45) is 5.92 Å². The summed E-state index contributed by atoms with van der Waals surface area (Å²) < 4.78 is 24.4. The van der Waals surface area contributed by atoms with E-state index in [4.69, 9.17) is 0 Å². The van der Waals surface area contributed by atoms with E-state index in [1.807, 2.05) is 0 Å². The van der Waals surface area contributed by atoms with Crippen molar-refractivity contribution in [1.82, 2.24) is 10.2 Å². The molecule has 1 saturated heterocycles. The van der Waals surface area contributed by atoms with Crippen LogP contribution < -0.4 is 5.32 Å². The van der Waals surface area contributed by atoms with Gasteiger partial charge >= 0.3 is 0 Å². The van der Waals surface area contributed by atoms with E-state index in [0.29, 0.717) is 5.92 Å². The molecule has 1 aliphatic heterocycles. The van der Waals surface area contributed by atoms with E-state index in [2.05, 4.69) is 17.3 Å². The molecule has 0 aliphatic carbocycles. The maximum atomic E-state index is 12.2. The number of likely N-dealkylation sites (tertiary alicyclic amines) is 1. The third kappa shape index (κ3) is 3.88. The van der Waals surface area contributed by atoms with Crippen LogP contribution in [0.4, 0.5) is 8.78 Å². The standard InChI is InChI=1S/C10H20F2N2/c1-8(10(11)12)13-6-9-4-3-5-14(2)7-9/h8-10,13H,3-7H2,1-2H3. The third-order valence-corrected chi connectivity index (χ3v) is 2.83. The molecule has 1 rings (SSSR count). The molecular weight excluding hydrogens is 186 g/mol. The summed E-state index contributed by atoms with van der Waals surface area (Å²) in [6.07, 6.45) is 0.0930. The van der Waals surface area contributed by atoms with Crippen molar-refractivity contribution in [2.75, 3.05) is 26.7 Å². The minimum absolute atomic E-state index is 0.537. The lowest BCUT2D eigenvalue weighted by atomic mass is 9.98. The first kappa shape index (κ1) is 11.9. The van der Waals surface area contributed by atoms with Gasteiger partial charge in [0.15, 0.2) is 0 Å². The second-order valence-corrected chi connectivity index (χ2v) is 4.30. The van der Waals surface area contributed by atoms with Gasteiger partial charge in [-0.05, 0) is 45.8 Å². The molecule has 0 radical (unpaired) electrons. The Morgan fingerprint density at radius 1 is 1.50 bits per heavy atom. The van der Waals surface area contributed by atoms with Crippen molar-refractivity contribution in [3.63, 3.8) is 0 Å². The normalized spacial score (nSPS) is 26.8. The fourth-order valence-corrected chi connectivity index (χ4v) is 1.88. The molecule has 0 aromatic heterocycles. The van der Waals surface area contributed by atoms with Gasteiger partial charge in [-0.1, -0.05) is 0 Å². The zero-order chi connectivity index (χ0) is 10.6. The van der Waals surface area contributed by atoms with Gasteiger partial charge in [-0.3, -0.25) is 0 Å². The lowest BCUT2D eigenvalue weighted by Crippen LogP contribution is -2.41. The van der Waals surface area contributed by atoms with Crippen LogP contribution in [0.1, 0.15) is 19.8 Å². The molecule has 1 N–H and O–H groups in total. The molecule has 0 aromatic carbocycles. The van der Waals surface area contributed by atoms with Crippen molar-refractivity contribution < 1.29 is 8.78 Å². The average molecular weight is 206 g/mol. The fourth-order valence-electron chi connectivity index (χ4n) is 1.88. The van der Waals surface area contributed by atoms with Gasteiger partial charge in [-0.25, -0.2) is 8.78 Å².